The molecule has 0 fully saturated rings. The van der Waals surface area contributed by atoms with Crippen LogP contribution in [-0.4, -0.2) is 0 Å². The summed E-state index contributed by atoms with van der Waals surface area (Å²) in [7, 11) is 0. The molecule has 0 amide bonds. The average molecular weight is 236 g/mol. The number of rotatable bonds is 0. The fourth-order valence-corrected chi connectivity index (χ4v) is 4.09. The third-order valence-electron chi connectivity index (χ3n) is 5.01. The van der Waals surface area contributed by atoms with E-state index >= 15 is 0 Å². The molecule has 18 heavy (non-hydrogen) atoms. The van der Waals surface area contributed by atoms with Gasteiger partial charge in [-0.25, -0.2) is 0 Å². The highest BCUT2D eigenvalue weighted by molar-refractivity contribution is 5.56. The van der Waals surface area contributed by atoms with Gasteiger partial charge in [0.25, 0.3) is 0 Å². The van der Waals surface area contributed by atoms with Gasteiger partial charge in [0.2, 0.25) is 0 Å². The van der Waals surface area contributed by atoms with Gasteiger partial charge in [0, 0.05) is 0 Å². The van der Waals surface area contributed by atoms with E-state index in [1.807, 2.05) is 0 Å². The molecule has 0 saturated carbocycles. The lowest BCUT2D eigenvalue weighted by molar-refractivity contribution is 0.736. The molecule has 0 N–H and O–H groups in total. The second kappa shape index (κ2) is 4.12. The van der Waals surface area contributed by atoms with Gasteiger partial charge in [-0.05, 0) is 73.7 Å². The lowest BCUT2D eigenvalue weighted by Gasteiger charge is -2.34. The van der Waals surface area contributed by atoms with E-state index < -0.39 is 0 Å². The van der Waals surface area contributed by atoms with E-state index in [1.54, 1.807) is 33.4 Å². The predicted molar refractivity (Wildman–Crippen MR) is 76.3 cm³/mol. The molecule has 0 heterocycles. The van der Waals surface area contributed by atoms with Crippen molar-refractivity contribution < 1.29 is 0 Å². The Labute approximate surface area is 109 Å². The Bertz CT molecular complexity index is 497. The van der Waals surface area contributed by atoms with E-state index in [4.69, 9.17) is 0 Å². The van der Waals surface area contributed by atoms with Crippen molar-refractivity contribution in [3.05, 3.63) is 57.7 Å². The van der Waals surface area contributed by atoms with Gasteiger partial charge in [-0.3, -0.25) is 0 Å². The van der Waals surface area contributed by atoms with Crippen molar-refractivity contribution in [2.24, 2.45) is 0 Å². The Kier molecular flexibility index (Phi) is 2.43. The van der Waals surface area contributed by atoms with Crippen molar-refractivity contribution in [1.29, 1.82) is 0 Å². The molecule has 0 spiro atoms. The van der Waals surface area contributed by atoms with Crippen LogP contribution < -0.4 is 0 Å². The topological polar surface area (TPSA) is 0 Å². The largest absolute Gasteiger partial charge is 0.0841 e. The van der Waals surface area contributed by atoms with Gasteiger partial charge in [0.15, 0.2) is 0 Å². The molecule has 0 aromatic heterocycles. The molecule has 92 valence electrons. The fourth-order valence-electron chi connectivity index (χ4n) is 4.09. The average Bonchev–Trinajstić information content (AvgIpc) is 2.46. The van der Waals surface area contributed by atoms with Gasteiger partial charge in [0.1, 0.15) is 0 Å². The minimum absolute atomic E-state index is 1.20. The highest BCUT2D eigenvalue weighted by atomic mass is 14.3. The summed E-state index contributed by atoms with van der Waals surface area (Å²) in [6.07, 6.45) is 19.6. The quantitative estimate of drug-likeness (QED) is 0.509. The molecular weight excluding hydrogens is 216 g/mol. The Hall–Kier alpha value is -1.30. The van der Waals surface area contributed by atoms with Crippen molar-refractivity contribution in [2.45, 2.75) is 51.4 Å². The Balaban J connectivity index is 1.80. The molecule has 0 bridgehead atoms. The first-order valence-electron chi connectivity index (χ1n) is 7.38. The number of allylic oxidation sites excluding steroid dienone is 10. The van der Waals surface area contributed by atoms with Gasteiger partial charge in [-0.15, -0.1) is 0 Å². The molecule has 4 aliphatic carbocycles. The smallest absolute Gasteiger partial charge is 0.00948 e. The second-order valence-corrected chi connectivity index (χ2v) is 5.88. The van der Waals surface area contributed by atoms with Crippen LogP contribution in [0.15, 0.2) is 57.7 Å². The summed E-state index contributed by atoms with van der Waals surface area (Å²) in [5, 5.41) is 0. The van der Waals surface area contributed by atoms with Crippen LogP contribution in [-0.2, 0) is 0 Å². The van der Waals surface area contributed by atoms with Crippen LogP contribution in [0.3, 0.4) is 0 Å². The van der Waals surface area contributed by atoms with Crippen LogP contribution in [0.25, 0.3) is 0 Å². The van der Waals surface area contributed by atoms with Crippen molar-refractivity contribution in [3.8, 4) is 0 Å². The molecule has 0 radical (unpaired) electrons. The first-order chi connectivity index (χ1) is 8.93. The molecule has 0 heteroatoms. The van der Waals surface area contributed by atoms with Crippen LogP contribution in [0, 0.1) is 0 Å². The van der Waals surface area contributed by atoms with Gasteiger partial charge in [-0.1, -0.05) is 35.5 Å². The standard InChI is InChI=1S/C18H20/c1-3-7-15-13(5-1)9-11-18-16-8-4-2-6-14(16)10-12-17(15)18/h1-4H,5-12H2. The maximum Gasteiger partial charge on any atom is -0.00948 e. The zero-order chi connectivity index (χ0) is 11.9. The van der Waals surface area contributed by atoms with Gasteiger partial charge < -0.3 is 0 Å². The normalized spacial score (nSPS) is 26.2. The van der Waals surface area contributed by atoms with E-state index in [2.05, 4.69) is 24.3 Å². The fraction of sp³-hybridized carbons (Fsp3) is 0.444. The second-order valence-electron chi connectivity index (χ2n) is 5.88. The molecule has 4 aliphatic rings. The summed E-state index contributed by atoms with van der Waals surface area (Å²) in [4.78, 5) is 0. The SMILES string of the molecule is C1=CCC2=C(C1)CCC1=C2CCC2=C1CC=CC2. The molecule has 0 atom stereocenters. The zero-order valence-electron chi connectivity index (χ0n) is 11.0. The van der Waals surface area contributed by atoms with Crippen LogP contribution in [0.4, 0.5) is 0 Å². The molecule has 0 aliphatic heterocycles. The van der Waals surface area contributed by atoms with Crippen LogP contribution in [0.2, 0.25) is 0 Å². The van der Waals surface area contributed by atoms with Crippen molar-refractivity contribution in [2.75, 3.05) is 0 Å². The van der Waals surface area contributed by atoms with Crippen molar-refractivity contribution in [1.82, 2.24) is 0 Å². The highest BCUT2D eigenvalue weighted by Gasteiger charge is 2.28. The minimum Gasteiger partial charge on any atom is -0.0841 e. The molecule has 0 unspecified atom stereocenters. The monoisotopic (exact) mass is 236 g/mol. The molecule has 0 aromatic rings. The number of hydrogen-bond donors (Lipinski definition) is 0. The molecule has 0 aromatic carbocycles. The maximum atomic E-state index is 2.37. The summed E-state index contributed by atoms with van der Waals surface area (Å²) < 4.78 is 0. The highest BCUT2D eigenvalue weighted by Crippen LogP contribution is 2.47. The number of fused-ring (bicyclic) bond motifs is 2. The number of hydrogen-bond acceptors (Lipinski definition) is 0. The first-order valence-corrected chi connectivity index (χ1v) is 7.38. The van der Waals surface area contributed by atoms with Crippen LogP contribution in [0.5, 0.6) is 0 Å². The Morgan fingerprint density at radius 3 is 1.39 bits per heavy atom. The van der Waals surface area contributed by atoms with Crippen molar-refractivity contribution in [3.63, 3.8) is 0 Å². The summed E-state index contributed by atoms with van der Waals surface area (Å²) in [6.45, 7) is 0. The molecule has 0 saturated heterocycles. The summed E-state index contributed by atoms with van der Waals surface area (Å²) in [5.74, 6) is 0. The first kappa shape index (κ1) is 10.6. The van der Waals surface area contributed by atoms with E-state index in [-0.39, 0.29) is 0 Å². The lowest BCUT2D eigenvalue weighted by Crippen LogP contribution is -2.15. The van der Waals surface area contributed by atoms with Gasteiger partial charge in [0.05, 0.1) is 0 Å². The summed E-state index contributed by atoms with van der Waals surface area (Å²) in [6, 6.07) is 0. The predicted octanol–water partition coefficient (Wildman–Crippen LogP) is 5.16. The molecule has 4 rings (SSSR count). The summed E-state index contributed by atoms with van der Waals surface area (Å²) in [5.41, 5.74) is 10.4. The zero-order valence-corrected chi connectivity index (χ0v) is 11.0. The third-order valence-corrected chi connectivity index (χ3v) is 5.01. The van der Waals surface area contributed by atoms with Gasteiger partial charge in [-0.2, -0.15) is 0 Å². The summed E-state index contributed by atoms with van der Waals surface area (Å²) >= 11 is 0. The maximum absolute atomic E-state index is 2.37. The van der Waals surface area contributed by atoms with Crippen molar-refractivity contribution >= 4 is 0 Å². The molecule has 0 nitrogen and oxygen atoms in total. The lowest BCUT2D eigenvalue weighted by atomic mass is 9.71. The van der Waals surface area contributed by atoms with Gasteiger partial charge >= 0.3 is 0 Å². The van der Waals surface area contributed by atoms with E-state index in [0.717, 1.165) is 0 Å². The molecular formula is C18H20. The Morgan fingerprint density at radius 1 is 0.444 bits per heavy atom. The minimum atomic E-state index is 1.20. The van der Waals surface area contributed by atoms with E-state index in [1.165, 1.54) is 51.4 Å². The van der Waals surface area contributed by atoms with E-state index in [0.29, 0.717) is 0 Å². The van der Waals surface area contributed by atoms with Crippen LogP contribution >= 0.6 is 0 Å². The van der Waals surface area contributed by atoms with Crippen LogP contribution in [0.1, 0.15) is 51.4 Å². The van der Waals surface area contributed by atoms with E-state index in [9.17, 15) is 0 Å². The third kappa shape index (κ3) is 1.51. The Morgan fingerprint density at radius 2 is 0.889 bits per heavy atom.